The molecule has 1 aliphatic carbocycles. The van der Waals surface area contributed by atoms with E-state index in [0.29, 0.717) is 0 Å². The Morgan fingerprint density at radius 3 is 2.15 bits per heavy atom. The van der Waals surface area contributed by atoms with Crippen molar-refractivity contribution in [3.63, 3.8) is 0 Å². The fourth-order valence-electron chi connectivity index (χ4n) is 8.75. The highest BCUT2D eigenvalue weighted by atomic mass is 32.1. The Bertz CT molecular complexity index is 2190. The van der Waals surface area contributed by atoms with Crippen molar-refractivity contribution >= 4 is 60.9 Å². The highest BCUT2D eigenvalue weighted by molar-refractivity contribution is 7.33. The molecule has 0 spiro atoms. The Morgan fingerprint density at radius 2 is 1.42 bits per heavy atom. The zero-order chi connectivity index (χ0) is 32.6. The van der Waals surface area contributed by atoms with Crippen LogP contribution in [0.5, 0.6) is 0 Å². The summed E-state index contributed by atoms with van der Waals surface area (Å²) >= 11 is 2.03. The SMILES string of the molecule is CCCCc1ccc(N2c3cc(-c4ccccc4)cc4c3B(c3cc5c(cc3C4(C)C)CC5)c3sc4ccc(CCCC)cc4c32)cc1. The monoisotopic (exact) mass is 641 g/mol. The van der Waals surface area contributed by atoms with Gasteiger partial charge in [0.25, 0.3) is 6.71 Å². The van der Waals surface area contributed by atoms with Gasteiger partial charge in [-0.1, -0.05) is 113 Å². The van der Waals surface area contributed by atoms with Crippen LogP contribution in [0.2, 0.25) is 0 Å². The van der Waals surface area contributed by atoms with E-state index in [4.69, 9.17) is 0 Å². The summed E-state index contributed by atoms with van der Waals surface area (Å²) in [5.74, 6) is 0. The van der Waals surface area contributed by atoms with Gasteiger partial charge in [-0.05, 0) is 119 Å². The van der Waals surface area contributed by atoms with Gasteiger partial charge in [-0.15, -0.1) is 11.3 Å². The molecule has 5 aromatic carbocycles. The molecule has 0 bridgehead atoms. The molecule has 3 heterocycles. The van der Waals surface area contributed by atoms with Crippen molar-refractivity contribution in [1.29, 1.82) is 0 Å². The normalized spacial score (nSPS) is 15.1. The number of nitrogens with zero attached hydrogens (tertiary/aromatic N) is 1. The molecule has 0 amide bonds. The molecule has 48 heavy (non-hydrogen) atoms. The average molecular weight is 642 g/mol. The molecular formula is C45H44BNS. The lowest BCUT2D eigenvalue weighted by molar-refractivity contribution is 0.641. The van der Waals surface area contributed by atoms with Crippen LogP contribution in [-0.4, -0.2) is 6.71 Å². The number of hydrogen-bond donors (Lipinski definition) is 0. The number of rotatable bonds is 8. The lowest BCUT2D eigenvalue weighted by atomic mass is 9.32. The van der Waals surface area contributed by atoms with Crippen LogP contribution in [0.3, 0.4) is 0 Å². The van der Waals surface area contributed by atoms with Gasteiger partial charge in [-0.3, -0.25) is 0 Å². The maximum Gasteiger partial charge on any atom is 0.260 e. The minimum Gasteiger partial charge on any atom is -0.310 e. The molecule has 0 fully saturated rings. The summed E-state index contributed by atoms with van der Waals surface area (Å²) in [5, 5.41) is 1.41. The summed E-state index contributed by atoms with van der Waals surface area (Å²) in [6, 6.07) is 38.2. The molecule has 0 atom stereocenters. The van der Waals surface area contributed by atoms with Gasteiger partial charge in [0.1, 0.15) is 0 Å². The molecule has 1 aromatic heterocycles. The van der Waals surface area contributed by atoms with Gasteiger partial charge in [0, 0.05) is 31.7 Å². The minimum absolute atomic E-state index is 0.109. The number of fused-ring (bicyclic) bond motifs is 7. The molecule has 9 rings (SSSR count). The number of thiophene rings is 1. The van der Waals surface area contributed by atoms with E-state index in [1.807, 2.05) is 11.3 Å². The zero-order valence-corrected chi connectivity index (χ0v) is 29.6. The van der Waals surface area contributed by atoms with Crippen molar-refractivity contribution in [2.24, 2.45) is 0 Å². The molecule has 0 N–H and O–H groups in total. The third kappa shape index (κ3) is 4.57. The summed E-state index contributed by atoms with van der Waals surface area (Å²) in [4.78, 5) is 2.66. The highest BCUT2D eigenvalue weighted by Gasteiger charge is 2.48. The van der Waals surface area contributed by atoms with Gasteiger partial charge < -0.3 is 4.90 Å². The molecule has 1 nitrogen and oxygen atoms in total. The zero-order valence-electron chi connectivity index (χ0n) is 28.8. The molecule has 0 radical (unpaired) electrons. The van der Waals surface area contributed by atoms with Crippen LogP contribution >= 0.6 is 11.3 Å². The van der Waals surface area contributed by atoms with E-state index < -0.39 is 0 Å². The largest absolute Gasteiger partial charge is 0.310 e. The molecule has 0 unspecified atom stereocenters. The van der Waals surface area contributed by atoms with Crippen molar-refractivity contribution < 1.29 is 0 Å². The maximum absolute atomic E-state index is 2.66. The number of hydrogen-bond acceptors (Lipinski definition) is 2. The van der Waals surface area contributed by atoms with Crippen molar-refractivity contribution in [2.75, 3.05) is 4.90 Å². The summed E-state index contributed by atoms with van der Waals surface area (Å²) < 4.78 is 2.91. The first kappa shape index (κ1) is 30.0. The summed E-state index contributed by atoms with van der Waals surface area (Å²) in [7, 11) is 0. The molecule has 3 aliphatic rings. The molecular weight excluding hydrogens is 597 g/mol. The first-order chi connectivity index (χ1) is 23.5. The van der Waals surface area contributed by atoms with Crippen LogP contribution in [0, 0.1) is 0 Å². The van der Waals surface area contributed by atoms with E-state index in [2.05, 4.69) is 130 Å². The molecule has 0 saturated heterocycles. The Kier molecular flexibility index (Phi) is 7.20. The Balaban J connectivity index is 1.37. The van der Waals surface area contributed by atoms with E-state index in [1.165, 1.54) is 115 Å². The van der Waals surface area contributed by atoms with E-state index in [9.17, 15) is 0 Å². The fraction of sp³-hybridized carbons (Fsp3) is 0.289. The minimum atomic E-state index is -0.109. The molecule has 6 aromatic rings. The maximum atomic E-state index is 2.66. The van der Waals surface area contributed by atoms with Gasteiger partial charge in [-0.2, -0.15) is 0 Å². The van der Waals surface area contributed by atoms with Crippen molar-refractivity contribution in [2.45, 2.75) is 84.5 Å². The number of unbranched alkanes of at least 4 members (excludes halogenated alkanes) is 2. The number of benzene rings is 5. The second-order valence-corrected chi connectivity index (χ2v) is 16.0. The number of anilines is 3. The Hall–Kier alpha value is -4.08. The molecule has 2 aliphatic heterocycles. The highest BCUT2D eigenvalue weighted by Crippen LogP contribution is 2.48. The van der Waals surface area contributed by atoms with Crippen molar-refractivity contribution in [3.05, 3.63) is 130 Å². The first-order valence-corrected chi connectivity index (χ1v) is 19.1. The standard InChI is InChI=1S/C45H44BNS/c1-5-7-12-29-16-21-35(22-17-29)47-40-28-34(31-14-10-9-11-15-31)26-38-42(40)46(39-27-33-20-19-32(33)25-37(39)45(38,3)4)44-43(47)36-24-30(13-8-6-2)18-23-41(36)48-44/h9-11,14-18,21-28H,5-8,12-13,19-20H2,1-4H3. The average Bonchev–Trinajstić information content (AvgIpc) is 3.47. The van der Waals surface area contributed by atoms with E-state index in [1.54, 1.807) is 11.1 Å². The second-order valence-electron chi connectivity index (χ2n) is 14.9. The summed E-state index contributed by atoms with van der Waals surface area (Å²) in [6.45, 7) is 9.77. The molecule has 0 saturated carbocycles. The van der Waals surface area contributed by atoms with Crippen LogP contribution in [-0.2, 0) is 31.1 Å². The topological polar surface area (TPSA) is 3.24 Å². The smallest absolute Gasteiger partial charge is 0.260 e. The van der Waals surface area contributed by atoms with Gasteiger partial charge >= 0.3 is 0 Å². The van der Waals surface area contributed by atoms with Crippen molar-refractivity contribution in [3.8, 4) is 11.1 Å². The lowest BCUT2D eigenvalue weighted by Crippen LogP contribution is -2.63. The van der Waals surface area contributed by atoms with Crippen molar-refractivity contribution in [1.82, 2.24) is 0 Å². The summed E-state index contributed by atoms with van der Waals surface area (Å²) in [6.07, 6.45) is 9.59. The van der Waals surface area contributed by atoms with E-state index in [-0.39, 0.29) is 12.1 Å². The van der Waals surface area contributed by atoms with Gasteiger partial charge in [0.15, 0.2) is 0 Å². The third-order valence-corrected chi connectivity index (χ3v) is 12.8. The Labute approximate surface area is 290 Å². The van der Waals surface area contributed by atoms with Crippen LogP contribution in [0.1, 0.15) is 86.8 Å². The first-order valence-electron chi connectivity index (χ1n) is 18.3. The van der Waals surface area contributed by atoms with Crippen LogP contribution in [0.15, 0.2) is 97.1 Å². The third-order valence-electron chi connectivity index (χ3n) is 11.6. The fourth-order valence-corrected chi connectivity index (χ4v) is 10.1. The second kappa shape index (κ2) is 11.5. The Morgan fingerprint density at radius 1 is 0.708 bits per heavy atom. The lowest BCUT2D eigenvalue weighted by Gasteiger charge is -2.45. The predicted molar refractivity (Wildman–Crippen MR) is 210 cm³/mol. The van der Waals surface area contributed by atoms with Gasteiger partial charge in [0.05, 0.1) is 5.69 Å². The van der Waals surface area contributed by atoms with Gasteiger partial charge in [-0.25, -0.2) is 0 Å². The van der Waals surface area contributed by atoms with E-state index >= 15 is 0 Å². The molecule has 238 valence electrons. The predicted octanol–water partition coefficient (Wildman–Crippen LogP) is 10.3. The van der Waals surface area contributed by atoms with Crippen LogP contribution in [0.4, 0.5) is 17.1 Å². The van der Waals surface area contributed by atoms with Gasteiger partial charge in [0.2, 0.25) is 0 Å². The van der Waals surface area contributed by atoms with Crippen LogP contribution in [0.25, 0.3) is 21.2 Å². The molecule has 3 heteroatoms. The summed E-state index contributed by atoms with van der Waals surface area (Å²) in [5.41, 5.74) is 18.5. The van der Waals surface area contributed by atoms with E-state index in [0.717, 1.165) is 12.8 Å². The quantitative estimate of drug-likeness (QED) is 0.149. The van der Waals surface area contributed by atoms with Crippen LogP contribution < -0.4 is 20.6 Å². The number of aryl methyl sites for hydroxylation is 4.